The monoisotopic (exact) mass is 1060 g/mol. The molecule has 9 rings (SSSR count). The number of likely N-dealkylation sites (N-methyl/N-ethyl adjacent to an activating group) is 1. The summed E-state index contributed by atoms with van der Waals surface area (Å²) in [6, 6.07) is 10.3. The van der Waals surface area contributed by atoms with Crippen LogP contribution < -0.4 is 10.7 Å². The van der Waals surface area contributed by atoms with E-state index in [1.54, 1.807) is 65.5 Å². The number of likely N-dealkylation sites (tertiary alicyclic amines) is 1. The zero-order valence-electron chi connectivity index (χ0n) is 44.8. The van der Waals surface area contributed by atoms with Crippen LogP contribution in [0.5, 0.6) is 0 Å². The number of alkyl halides is 3. The molecule has 410 valence electrons. The number of rotatable bonds is 6. The Morgan fingerprint density at radius 3 is 2.45 bits per heavy atom. The number of hydrogen-bond donors (Lipinski definition) is 2. The predicted molar refractivity (Wildman–Crippen MR) is 274 cm³/mol. The number of carbonyl (C=O) groups is 5. The molecule has 0 saturated carbocycles. The predicted octanol–water partition coefficient (Wildman–Crippen LogP) is 7.40. The maximum atomic E-state index is 14.9. The molecular weight excluding hydrogens is 988 g/mol. The quantitative estimate of drug-likeness (QED) is 0.183. The van der Waals surface area contributed by atoms with Crippen molar-refractivity contribution in [2.24, 2.45) is 11.3 Å². The van der Waals surface area contributed by atoms with Gasteiger partial charge in [0.2, 0.25) is 5.91 Å². The van der Waals surface area contributed by atoms with Crippen molar-refractivity contribution in [2.45, 2.75) is 135 Å². The number of morpholine rings is 1. The summed E-state index contributed by atoms with van der Waals surface area (Å²) in [6.07, 6.45) is -2.59. The Morgan fingerprint density at radius 2 is 1.75 bits per heavy atom. The van der Waals surface area contributed by atoms with Crippen molar-refractivity contribution in [1.29, 1.82) is 0 Å². The molecule has 1 spiro atoms. The highest BCUT2D eigenvalue weighted by Crippen LogP contribution is 2.57. The molecular formula is C55H70F3N9O9. The number of hydrogen-bond acceptors (Lipinski definition) is 12. The number of methoxy groups -OCH3 is 1. The normalized spacial score (nSPS) is 23.1. The number of pyridine rings is 2. The molecule has 5 atom stereocenters. The fourth-order valence-electron chi connectivity index (χ4n) is 11.9. The summed E-state index contributed by atoms with van der Waals surface area (Å²) in [5.41, 5.74) is 4.53. The summed E-state index contributed by atoms with van der Waals surface area (Å²) >= 11 is 0. The number of ether oxygens (including phenoxy) is 4. The highest BCUT2D eigenvalue weighted by Gasteiger charge is 2.49. The third kappa shape index (κ3) is 11.0. The molecule has 1 unspecified atom stereocenters. The van der Waals surface area contributed by atoms with Gasteiger partial charge >= 0.3 is 24.3 Å². The Labute approximate surface area is 440 Å². The van der Waals surface area contributed by atoms with Crippen LogP contribution in [-0.4, -0.2) is 160 Å². The van der Waals surface area contributed by atoms with Gasteiger partial charge in [-0.2, -0.15) is 13.2 Å². The summed E-state index contributed by atoms with van der Waals surface area (Å²) in [5.74, 6) is -2.82. The molecule has 76 heavy (non-hydrogen) atoms. The number of amides is 5. The number of benzene rings is 1. The second-order valence-electron chi connectivity index (χ2n) is 23.0. The number of urea groups is 1. The summed E-state index contributed by atoms with van der Waals surface area (Å²) < 4.78 is 69.6. The van der Waals surface area contributed by atoms with E-state index in [0.29, 0.717) is 109 Å². The molecule has 3 aromatic heterocycles. The summed E-state index contributed by atoms with van der Waals surface area (Å²) in [7, 11) is 3.10. The first-order valence-electron chi connectivity index (χ1n) is 26.2. The lowest BCUT2D eigenvalue weighted by atomic mass is 9.67. The smallest absolute Gasteiger partial charge is 0.410 e. The van der Waals surface area contributed by atoms with E-state index in [2.05, 4.69) is 15.7 Å². The number of carbonyl (C=O) groups excluding carboxylic acids is 5. The van der Waals surface area contributed by atoms with Gasteiger partial charge in [-0.25, -0.2) is 15.0 Å². The van der Waals surface area contributed by atoms with Gasteiger partial charge in [0, 0.05) is 92.0 Å². The average Bonchev–Trinajstić information content (AvgIpc) is 3.71. The van der Waals surface area contributed by atoms with Gasteiger partial charge < -0.3 is 43.5 Å². The van der Waals surface area contributed by atoms with E-state index in [4.69, 9.17) is 23.9 Å². The molecule has 4 aliphatic heterocycles. The van der Waals surface area contributed by atoms with Gasteiger partial charge in [-0.05, 0) is 94.3 Å². The second-order valence-corrected chi connectivity index (χ2v) is 23.0. The standard InChI is InChI=1S/C55H70F3N9O9/c1-32(2)44(63(8)50(71)64-23-19-54(20-24-64)29-65(25-26-75-54)51(72)76-52(3,4)5)47(68)61-39-28-34-13-10-15-37(60-34)33-17-18-40-36(27-33)41-42(53(6,7)31-74-49(70)38-16-12-22-67(62-38)48(39)69)46(73-9)43-35(14-11-21-59-43)45(41)66(40)30-55(56,57)58/h10-11,13-15,17-18,21,27,32,38-39,42,44,46,62H,12,16,19-20,22-26,28-31H2,1-9H3,(H,61,68)/t38-,39-,42?,44-,46-/m0/s1. The molecule has 18 nitrogen and oxygen atoms in total. The van der Waals surface area contributed by atoms with Crippen LogP contribution in [0.3, 0.4) is 0 Å². The SMILES string of the molecule is CO[C@@H]1c2ncccc2-c2c3c4cc(ccc4n2CC(F)(F)F)-c2cccc(n2)C[C@H](NC(=O)[C@H](C(C)C)N(C)C(=O)N2CCC4(CC2)CN(C(=O)OC(C)(C)C)CCO4)C(=O)N2CCC[C@H](N2)C(=O)OCC(C)(C)C31. The molecule has 1 aromatic carbocycles. The number of hydrazine groups is 1. The zero-order chi connectivity index (χ0) is 54.6. The average molecular weight is 1060 g/mol. The number of fused-ring (bicyclic) bond motifs is 8. The van der Waals surface area contributed by atoms with E-state index < -0.39 is 89.3 Å². The van der Waals surface area contributed by atoms with Crippen molar-refractivity contribution in [3.8, 4) is 22.5 Å². The lowest BCUT2D eigenvalue weighted by molar-refractivity contribution is -0.156. The van der Waals surface area contributed by atoms with Gasteiger partial charge in [0.15, 0.2) is 0 Å². The number of esters is 1. The van der Waals surface area contributed by atoms with Crippen molar-refractivity contribution in [1.82, 2.24) is 45.0 Å². The van der Waals surface area contributed by atoms with Crippen LogP contribution in [0.2, 0.25) is 0 Å². The molecule has 5 amide bonds. The van der Waals surface area contributed by atoms with Crippen molar-refractivity contribution in [2.75, 3.05) is 60.1 Å². The van der Waals surface area contributed by atoms with Gasteiger partial charge in [0.25, 0.3) is 5.91 Å². The summed E-state index contributed by atoms with van der Waals surface area (Å²) in [4.78, 5) is 85.5. The largest absolute Gasteiger partial charge is 0.464 e. The maximum absolute atomic E-state index is 14.9. The number of aromatic nitrogens is 3. The van der Waals surface area contributed by atoms with Crippen LogP contribution in [0.4, 0.5) is 22.8 Å². The highest BCUT2D eigenvalue weighted by atomic mass is 19.4. The van der Waals surface area contributed by atoms with Crippen LogP contribution in [-0.2, 0) is 46.3 Å². The molecule has 1 aliphatic carbocycles. The van der Waals surface area contributed by atoms with E-state index in [0.717, 1.165) is 0 Å². The third-order valence-electron chi connectivity index (χ3n) is 15.4. The molecule has 0 radical (unpaired) electrons. The Kier molecular flexibility index (Phi) is 15.0. The van der Waals surface area contributed by atoms with Crippen molar-refractivity contribution >= 4 is 40.8 Å². The number of nitrogens with zero attached hydrogens (tertiary/aromatic N) is 7. The lowest BCUT2D eigenvalue weighted by Crippen LogP contribution is -2.63. The van der Waals surface area contributed by atoms with E-state index in [9.17, 15) is 37.1 Å². The number of piperidine rings is 1. The van der Waals surface area contributed by atoms with Crippen LogP contribution in [0.1, 0.15) is 103 Å². The van der Waals surface area contributed by atoms with Crippen molar-refractivity contribution in [3.05, 3.63) is 71.7 Å². The Bertz CT molecular complexity index is 2880. The molecule has 2 N–H and O–H groups in total. The van der Waals surface area contributed by atoms with E-state index in [1.807, 2.05) is 54.5 Å². The first-order valence-corrected chi connectivity index (χ1v) is 26.2. The number of cyclic esters (lactones) is 1. The molecule has 5 aliphatic rings. The molecule has 7 heterocycles. The summed E-state index contributed by atoms with van der Waals surface area (Å²) in [5, 5.41) is 4.85. The zero-order valence-corrected chi connectivity index (χ0v) is 44.8. The minimum Gasteiger partial charge on any atom is -0.464 e. The summed E-state index contributed by atoms with van der Waals surface area (Å²) in [6.45, 7) is 13.3. The van der Waals surface area contributed by atoms with Crippen LogP contribution in [0, 0.1) is 11.3 Å². The van der Waals surface area contributed by atoms with E-state index >= 15 is 0 Å². The fraction of sp³-hybridized carbons (Fsp3) is 0.582. The van der Waals surface area contributed by atoms with Crippen LogP contribution in [0.15, 0.2) is 54.7 Å². The van der Waals surface area contributed by atoms with Crippen LogP contribution in [0.25, 0.3) is 33.4 Å². The minimum atomic E-state index is -4.59. The van der Waals surface area contributed by atoms with Gasteiger partial charge in [-0.1, -0.05) is 39.8 Å². The van der Waals surface area contributed by atoms with Gasteiger partial charge in [-0.3, -0.25) is 29.4 Å². The van der Waals surface area contributed by atoms with Gasteiger partial charge in [0.1, 0.15) is 36.4 Å². The Balaban J connectivity index is 1.03. The number of nitrogens with one attached hydrogen (secondary N) is 2. The Hall–Kier alpha value is -6.32. The molecule has 6 bridgehead atoms. The van der Waals surface area contributed by atoms with E-state index in [-0.39, 0.29) is 25.6 Å². The third-order valence-corrected chi connectivity index (χ3v) is 15.4. The topological polar surface area (TPSA) is 190 Å². The molecule has 21 heteroatoms. The molecule has 3 saturated heterocycles. The lowest BCUT2D eigenvalue weighted by Gasteiger charge is -2.47. The fourth-order valence-corrected chi connectivity index (χ4v) is 11.9. The maximum Gasteiger partial charge on any atom is 0.410 e. The first-order chi connectivity index (χ1) is 35.9. The highest BCUT2D eigenvalue weighted by molar-refractivity contribution is 5.97. The molecule has 3 fully saturated rings. The molecule has 4 aromatic rings. The van der Waals surface area contributed by atoms with Gasteiger partial charge in [0.05, 0.1) is 42.4 Å². The minimum absolute atomic E-state index is 0.0993. The van der Waals surface area contributed by atoms with Crippen molar-refractivity contribution in [3.63, 3.8) is 0 Å². The van der Waals surface area contributed by atoms with Gasteiger partial charge in [-0.15, -0.1) is 0 Å². The number of halogens is 3. The Morgan fingerprint density at radius 1 is 1.00 bits per heavy atom. The van der Waals surface area contributed by atoms with Crippen LogP contribution >= 0.6 is 0 Å². The second kappa shape index (κ2) is 20.9. The van der Waals surface area contributed by atoms with E-state index in [1.165, 1.54) is 21.6 Å². The van der Waals surface area contributed by atoms with Crippen molar-refractivity contribution < 1.29 is 56.1 Å². The first kappa shape index (κ1) is 54.5.